The Morgan fingerprint density at radius 2 is 1.39 bits per heavy atom. The largest absolute Gasteiger partial charge is 0.274 e. The van der Waals surface area contributed by atoms with Gasteiger partial charge in [0, 0.05) is 18.3 Å². The molecule has 0 aliphatic rings. The third-order valence-electron chi connectivity index (χ3n) is 2.52. The van der Waals surface area contributed by atoms with Crippen LogP contribution in [0.5, 0.6) is 0 Å². The van der Waals surface area contributed by atoms with Gasteiger partial charge in [-0.15, -0.1) is 0 Å². The Balaban J connectivity index is 2.50. The van der Waals surface area contributed by atoms with Gasteiger partial charge in [-0.3, -0.25) is 4.79 Å². The lowest BCUT2D eigenvalue weighted by molar-refractivity contribution is -0.115. The highest BCUT2D eigenvalue weighted by molar-refractivity contribution is 5.97. The lowest BCUT2D eigenvalue weighted by Gasteiger charge is -2.19. The second-order valence-electron chi connectivity index (χ2n) is 4.13. The van der Waals surface area contributed by atoms with E-state index in [0.717, 1.165) is 11.4 Å². The molecule has 0 spiro atoms. The van der Waals surface area contributed by atoms with E-state index in [9.17, 15) is 4.79 Å². The molecule has 0 bridgehead atoms. The summed E-state index contributed by atoms with van der Waals surface area (Å²) in [6.07, 6.45) is 0. The highest BCUT2D eigenvalue weighted by Crippen LogP contribution is 2.22. The van der Waals surface area contributed by atoms with Crippen molar-refractivity contribution in [3.05, 3.63) is 47.8 Å². The molecule has 2 rings (SSSR count). The summed E-state index contributed by atoms with van der Waals surface area (Å²) in [5.41, 5.74) is 1.73. The number of carbonyl (C=O) groups is 1. The highest BCUT2D eigenvalue weighted by Gasteiger charge is 2.16. The summed E-state index contributed by atoms with van der Waals surface area (Å²) in [7, 11) is 0. The van der Waals surface area contributed by atoms with Gasteiger partial charge in [0.05, 0.1) is 0 Å². The van der Waals surface area contributed by atoms with Crippen LogP contribution in [0.25, 0.3) is 0 Å². The van der Waals surface area contributed by atoms with Gasteiger partial charge in [-0.2, -0.15) is 0 Å². The third-order valence-corrected chi connectivity index (χ3v) is 2.52. The smallest absolute Gasteiger partial charge is 0.230 e. The number of hydrogen-bond donors (Lipinski definition) is 0. The maximum absolute atomic E-state index is 11.8. The van der Waals surface area contributed by atoms with E-state index in [1.54, 1.807) is 12.1 Å². The first kappa shape index (κ1) is 12.2. The van der Waals surface area contributed by atoms with Crippen molar-refractivity contribution in [2.24, 2.45) is 0 Å². The Bertz CT molecular complexity index is 535. The van der Waals surface area contributed by atoms with E-state index in [4.69, 9.17) is 0 Å². The van der Waals surface area contributed by atoms with Crippen LogP contribution < -0.4 is 4.90 Å². The van der Waals surface area contributed by atoms with Gasteiger partial charge in [0.25, 0.3) is 0 Å². The Morgan fingerprint density at radius 3 is 1.72 bits per heavy atom. The number of rotatable bonds is 2. The zero-order valence-electron chi connectivity index (χ0n) is 10.7. The molecule has 0 aliphatic carbocycles. The van der Waals surface area contributed by atoms with Crippen LogP contribution in [-0.2, 0) is 4.79 Å². The molecular weight excluding hydrogens is 226 g/mol. The summed E-state index contributed by atoms with van der Waals surface area (Å²) < 4.78 is 0. The van der Waals surface area contributed by atoms with Crippen LogP contribution in [0, 0.1) is 13.8 Å². The molecule has 0 saturated heterocycles. The molecule has 0 saturated carbocycles. The topological polar surface area (TPSA) is 46.1 Å². The van der Waals surface area contributed by atoms with E-state index < -0.39 is 0 Å². The van der Waals surface area contributed by atoms with Gasteiger partial charge in [0.15, 0.2) is 0 Å². The molecular formula is C14H15N3O. The number of aromatic nitrogens is 2. The number of pyridine rings is 2. The van der Waals surface area contributed by atoms with Gasteiger partial charge >= 0.3 is 0 Å². The molecule has 0 radical (unpaired) electrons. The second-order valence-corrected chi connectivity index (χ2v) is 4.13. The van der Waals surface area contributed by atoms with Crippen molar-refractivity contribution in [2.75, 3.05) is 4.90 Å². The summed E-state index contributed by atoms with van der Waals surface area (Å²) in [6.45, 7) is 5.30. The quantitative estimate of drug-likeness (QED) is 0.812. The standard InChI is InChI=1S/C14H15N3O/c1-10-6-4-8-13(15-10)17(12(3)18)14-9-5-7-11(2)16-14/h4-9H,1-3H3. The minimum absolute atomic E-state index is 0.105. The Hall–Kier alpha value is -2.23. The minimum atomic E-state index is -0.105. The van der Waals surface area contributed by atoms with Crippen LogP contribution >= 0.6 is 0 Å². The van der Waals surface area contributed by atoms with E-state index in [1.807, 2.05) is 38.1 Å². The van der Waals surface area contributed by atoms with Gasteiger partial charge in [-0.05, 0) is 38.1 Å². The molecule has 0 fully saturated rings. The van der Waals surface area contributed by atoms with Crippen LogP contribution in [0.3, 0.4) is 0 Å². The van der Waals surface area contributed by atoms with E-state index in [1.165, 1.54) is 11.8 Å². The fraction of sp³-hybridized carbons (Fsp3) is 0.214. The van der Waals surface area contributed by atoms with Gasteiger partial charge < -0.3 is 0 Å². The number of amides is 1. The first-order valence-corrected chi connectivity index (χ1v) is 5.76. The summed E-state index contributed by atoms with van der Waals surface area (Å²) in [4.78, 5) is 22.1. The fourth-order valence-electron chi connectivity index (χ4n) is 1.75. The summed E-state index contributed by atoms with van der Waals surface area (Å²) in [6, 6.07) is 11.2. The molecule has 0 aromatic carbocycles. The Kier molecular flexibility index (Phi) is 3.37. The Labute approximate surface area is 106 Å². The molecule has 2 aromatic rings. The number of nitrogens with zero attached hydrogens (tertiary/aromatic N) is 3. The molecule has 0 unspecified atom stereocenters. The van der Waals surface area contributed by atoms with E-state index in [0.29, 0.717) is 11.6 Å². The molecule has 4 heteroatoms. The average molecular weight is 241 g/mol. The molecule has 0 aliphatic heterocycles. The number of aryl methyl sites for hydroxylation is 2. The van der Waals surface area contributed by atoms with Crippen LogP contribution in [0.15, 0.2) is 36.4 Å². The molecule has 18 heavy (non-hydrogen) atoms. The van der Waals surface area contributed by atoms with E-state index in [-0.39, 0.29) is 5.91 Å². The monoisotopic (exact) mass is 241 g/mol. The molecule has 2 aromatic heterocycles. The highest BCUT2D eigenvalue weighted by atomic mass is 16.2. The zero-order valence-corrected chi connectivity index (χ0v) is 10.7. The van der Waals surface area contributed by atoms with Gasteiger partial charge in [-0.1, -0.05) is 12.1 Å². The fourth-order valence-corrected chi connectivity index (χ4v) is 1.75. The van der Waals surface area contributed by atoms with Crippen molar-refractivity contribution in [3.63, 3.8) is 0 Å². The first-order valence-electron chi connectivity index (χ1n) is 5.76. The van der Waals surface area contributed by atoms with Crippen molar-refractivity contribution < 1.29 is 4.79 Å². The average Bonchev–Trinajstić information content (AvgIpc) is 2.28. The van der Waals surface area contributed by atoms with Crippen LogP contribution in [0.1, 0.15) is 18.3 Å². The van der Waals surface area contributed by atoms with Gasteiger partial charge in [0.2, 0.25) is 5.91 Å². The zero-order chi connectivity index (χ0) is 13.1. The third kappa shape index (κ3) is 2.53. The SMILES string of the molecule is CC(=O)N(c1cccc(C)n1)c1cccc(C)n1. The summed E-state index contributed by atoms with van der Waals surface area (Å²) in [5.74, 6) is 1.09. The molecule has 92 valence electrons. The summed E-state index contributed by atoms with van der Waals surface area (Å²) >= 11 is 0. The maximum atomic E-state index is 11.8. The molecule has 2 heterocycles. The molecule has 0 N–H and O–H groups in total. The van der Waals surface area contributed by atoms with Gasteiger partial charge in [-0.25, -0.2) is 14.9 Å². The van der Waals surface area contributed by atoms with Crippen LogP contribution in [-0.4, -0.2) is 15.9 Å². The lowest BCUT2D eigenvalue weighted by atomic mass is 10.3. The number of carbonyl (C=O) groups excluding carboxylic acids is 1. The van der Waals surface area contributed by atoms with Crippen molar-refractivity contribution in [1.82, 2.24) is 9.97 Å². The lowest BCUT2D eigenvalue weighted by Crippen LogP contribution is -2.25. The van der Waals surface area contributed by atoms with E-state index in [2.05, 4.69) is 9.97 Å². The summed E-state index contributed by atoms with van der Waals surface area (Å²) in [5, 5.41) is 0. The molecule has 1 amide bonds. The van der Waals surface area contributed by atoms with Crippen LogP contribution in [0.4, 0.5) is 11.6 Å². The normalized spacial score (nSPS) is 10.2. The number of hydrogen-bond acceptors (Lipinski definition) is 3. The van der Waals surface area contributed by atoms with Gasteiger partial charge in [0.1, 0.15) is 11.6 Å². The van der Waals surface area contributed by atoms with Crippen LogP contribution in [0.2, 0.25) is 0 Å². The minimum Gasteiger partial charge on any atom is -0.274 e. The van der Waals surface area contributed by atoms with Crippen molar-refractivity contribution in [1.29, 1.82) is 0 Å². The predicted molar refractivity (Wildman–Crippen MR) is 70.8 cm³/mol. The number of anilines is 2. The van der Waals surface area contributed by atoms with E-state index >= 15 is 0 Å². The van der Waals surface area contributed by atoms with Crippen molar-refractivity contribution >= 4 is 17.5 Å². The second kappa shape index (κ2) is 4.96. The predicted octanol–water partition coefficient (Wildman–Crippen LogP) is 2.78. The Morgan fingerprint density at radius 1 is 0.944 bits per heavy atom. The molecule has 0 atom stereocenters. The maximum Gasteiger partial charge on any atom is 0.230 e. The molecule has 4 nitrogen and oxygen atoms in total. The van der Waals surface area contributed by atoms with Crippen molar-refractivity contribution in [3.8, 4) is 0 Å². The first-order chi connectivity index (χ1) is 8.58. The van der Waals surface area contributed by atoms with Crippen molar-refractivity contribution in [2.45, 2.75) is 20.8 Å².